The highest BCUT2D eigenvalue weighted by Crippen LogP contribution is 2.14. The first-order valence-corrected chi connectivity index (χ1v) is 4.40. The molecule has 2 aromatic heterocycles. The van der Waals surface area contributed by atoms with E-state index in [1.807, 2.05) is 12.1 Å². The van der Waals surface area contributed by atoms with Gasteiger partial charge in [0.05, 0.1) is 17.3 Å². The van der Waals surface area contributed by atoms with Crippen LogP contribution < -0.4 is 0 Å². The smallest absolute Gasteiger partial charge is 0.108 e. The number of aromatic nitrogens is 2. The van der Waals surface area contributed by atoms with Gasteiger partial charge in [-0.2, -0.15) is 15.5 Å². The van der Waals surface area contributed by atoms with Crippen LogP contribution in [0, 0.1) is 34.9 Å². The van der Waals surface area contributed by atoms with Gasteiger partial charge in [0.1, 0.15) is 17.3 Å². The van der Waals surface area contributed by atoms with Crippen molar-refractivity contribution in [3.8, 4) is 23.5 Å². The van der Waals surface area contributed by atoms with Crippen molar-refractivity contribution in [1.29, 1.82) is 10.5 Å². The Morgan fingerprint density at radius 3 is 2.75 bits per heavy atom. The molecule has 16 heavy (non-hydrogen) atoms. The Labute approximate surface area is 92.4 Å². The zero-order valence-electron chi connectivity index (χ0n) is 8.10. The highest BCUT2D eigenvalue weighted by atomic mass is 14.7. The number of pyridine rings is 1. The summed E-state index contributed by atoms with van der Waals surface area (Å²) in [6, 6.07) is 11.3. The Bertz CT molecular complexity index is 549. The van der Waals surface area contributed by atoms with E-state index >= 15 is 0 Å². The van der Waals surface area contributed by atoms with E-state index in [-0.39, 0.29) is 0 Å². The lowest BCUT2D eigenvalue weighted by molar-refractivity contribution is 1.24. The number of nitrogens with zero attached hydrogens (tertiary/aromatic N) is 4. The minimum Gasteiger partial charge on any atom is -0.254 e. The van der Waals surface area contributed by atoms with Crippen LogP contribution in [-0.4, -0.2) is 9.97 Å². The monoisotopic (exact) mass is 204 g/mol. The lowest BCUT2D eigenvalue weighted by atomic mass is 10.2. The number of rotatable bonds is 1. The average Bonchev–Trinajstić information content (AvgIpc) is 2.39. The Kier molecular flexibility index (Phi) is 2.46. The van der Waals surface area contributed by atoms with Crippen LogP contribution in [0.15, 0.2) is 24.4 Å². The fourth-order valence-electron chi connectivity index (χ4n) is 1.19. The van der Waals surface area contributed by atoms with Gasteiger partial charge in [0.2, 0.25) is 0 Å². The molecular formula is C12H4N4. The average molecular weight is 204 g/mol. The van der Waals surface area contributed by atoms with E-state index in [2.05, 4.69) is 22.2 Å². The maximum absolute atomic E-state index is 8.75. The maximum Gasteiger partial charge on any atom is 0.108 e. The zero-order valence-corrected chi connectivity index (χ0v) is 8.10. The lowest BCUT2D eigenvalue weighted by Crippen LogP contribution is -1.88. The topological polar surface area (TPSA) is 73.4 Å². The highest BCUT2D eigenvalue weighted by molar-refractivity contribution is 5.57. The number of hydrogen-bond acceptors (Lipinski definition) is 4. The largest absolute Gasteiger partial charge is 0.254 e. The minimum atomic E-state index is 0.342. The SMILES string of the molecule is N#Cc1c#cnc(-c2cc(C#N)ccn2)c1. The molecular weight excluding hydrogens is 200 g/mol. The molecule has 2 heterocycles. The Balaban J connectivity index is 2.51. The van der Waals surface area contributed by atoms with Crippen LogP contribution in [-0.2, 0) is 0 Å². The van der Waals surface area contributed by atoms with E-state index in [1.54, 1.807) is 18.2 Å². The molecule has 2 aromatic rings. The third-order valence-electron chi connectivity index (χ3n) is 1.92. The third-order valence-corrected chi connectivity index (χ3v) is 1.92. The summed E-state index contributed by atoms with van der Waals surface area (Å²) in [6.07, 6.45) is 4.02. The first kappa shape index (κ1) is 9.65. The second kappa shape index (κ2) is 4.09. The molecule has 0 aromatic carbocycles. The molecule has 0 saturated carbocycles. The van der Waals surface area contributed by atoms with Crippen molar-refractivity contribution < 1.29 is 0 Å². The molecule has 0 N–H and O–H groups in total. The Hall–Kier alpha value is -2.90. The van der Waals surface area contributed by atoms with E-state index < -0.39 is 0 Å². The molecule has 0 saturated heterocycles. The van der Waals surface area contributed by atoms with E-state index in [9.17, 15) is 0 Å². The van der Waals surface area contributed by atoms with Crippen LogP contribution in [0.25, 0.3) is 11.4 Å². The molecule has 72 valence electrons. The Morgan fingerprint density at radius 1 is 1.12 bits per heavy atom. The fourth-order valence-corrected chi connectivity index (χ4v) is 1.19. The van der Waals surface area contributed by atoms with Crippen LogP contribution in [0.1, 0.15) is 11.1 Å². The predicted molar refractivity (Wildman–Crippen MR) is 54.6 cm³/mol. The van der Waals surface area contributed by atoms with Gasteiger partial charge >= 0.3 is 0 Å². The molecule has 0 atom stereocenters. The summed E-state index contributed by atoms with van der Waals surface area (Å²) in [5.41, 5.74) is 1.89. The fraction of sp³-hybridized carbons (Fsp3) is 0. The second-order valence-corrected chi connectivity index (χ2v) is 2.95. The number of hydrogen-bond donors (Lipinski definition) is 0. The minimum absolute atomic E-state index is 0.342. The molecule has 0 unspecified atom stereocenters. The molecule has 0 aliphatic carbocycles. The molecule has 0 amide bonds. The Morgan fingerprint density at radius 2 is 2.00 bits per heavy atom. The first-order valence-electron chi connectivity index (χ1n) is 4.40. The molecule has 0 radical (unpaired) electrons. The molecule has 2 rings (SSSR count). The zero-order chi connectivity index (χ0) is 11.4. The van der Waals surface area contributed by atoms with Gasteiger partial charge in [0.15, 0.2) is 0 Å². The van der Waals surface area contributed by atoms with Gasteiger partial charge in [-0.3, -0.25) is 4.98 Å². The van der Waals surface area contributed by atoms with Gasteiger partial charge in [-0.1, -0.05) is 0 Å². The van der Waals surface area contributed by atoms with Gasteiger partial charge in [0, 0.05) is 12.4 Å². The maximum atomic E-state index is 8.75. The van der Waals surface area contributed by atoms with Crippen LogP contribution in [0.2, 0.25) is 0 Å². The summed E-state index contributed by atoms with van der Waals surface area (Å²) in [6.45, 7) is 0. The van der Waals surface area contributed by atoms with E-state index in [1.165, 1.54) is 6.20 Å². The van der Waals surface area contributed by atoms with Crippen molar-refractivity contribution in [3.05, 3.63) is 47.8 Å². The third kappa shape index (κ3) is 1.80. The highest BCUT2D eigenvalue weighted by Gasteiger charge is 2.02. The molecule has 0 spiro atoms. The van der Waals surface area contributed by atoms with Crippen molar-refractivity contribution in [2.45, 2.75) is 0 Å². The predicted octanol–water partition coefficient (Wildman–Crippen LogP) is 1.49. The summed E-state index contributed by atoms with van der Waals surface area (Å²) in [7, 11) is 0. The normalized spacial score (nSPS) is 8.62. The molecule has 4 heteroatoms. The molecule has 0 fully saturated rings. The summed E-state index contributed by atoms with van der Waals surface area (Å²) in [4.78, 5) is 8.01. The van der Waals surface area contributed by atoms with Crippen molar-refractivity contribution >= 4 is 0 Å². The molecule has 0 aliphatic rings. The lowest BCUT2D eigenvalue weighted by Gasteiger charge is -1.97. The molecule has 4 nitrogen and oxygen atoms in total. The quantitative estimate of drug-likeness (QED) is 0.705. The first-order chi connectivity index (χ1) is 7.83. The van der Waals surface area contributed by atoms with E-state index in [4.69, 9.17) is 10.5 Å². The van der Waals surface area contributed by atoms with Crippen LogP contribution in [0.5, 0.6) is 0 Å². The molecule has 0 aliphatic heterocycles. The van der Waals surface area contributed by atoms with Crippen LogP contribution in [0.4, 0.5) is 0 Å². The van der Waals surface area contributed by atoms with Gasteiger partial charge < -0.3 is 0 Å². The van der Waals surface area contributed by atoms with Gasteiger partial charge in [-0.25, -0.2) is 0 Å². The standard InChI is InChI=1S/C12H4N4/c13-7-9-1-3-15-11(5-9)12-6-10(8-14)2-4-16-12/h1,3,5-6H. The van der Waals surface area contributed by atoms with Gasteiger partial charge in [0.25, 0.3) is 0 Å². The van der Waals surface area contributed by atoms with Crippen molar-refractivity contribution in [1.82, 2.24) is 9.97 Å². The van der Waals surface area contributed by atoms with Crippen LogP contribution >= 0.6 is 0 Å². The van der Waals surface area contributed by atoms with E-state index in [0.717, 1.165) is 0 Å². The van der Waals surface area contributed by atoms with Crippen molar-refractivity contribution in [2.75, 3.05) is 0 Å². The van der Waals surface area contributed by atoms with E-state index in [0.29, 0.717) is 22.5 Å². The van der Waals surface area contributed by atoms with Crippen molar-refractivity contribution in [3.63, 3.8) is 0 Å². The summed E-state index contributed by atoms with van der Waals surface area (Å²) >= 11 is 0. The summed E-state index contributed by atoms with van der Waals surface area (Å²) < 4.78 is 0. The van der Waals surface area contributed by atoms with Gasteiger partial charge in [-0.05, 0) is 24.3 Å². The van der Waals surface area contributed by atoms with Crippen molar-refractivity contribution in [2.24, 2.45) is 0 Å². The summed E-state index contributed by atoms with van der Waals surface area (Å²) in [5, 5.41) is 17.5. The second-order valence-electron chi connectivity index (χ2n) is 2.95. The van der Waals surface area contributed by atoms with Gasteiger partial charge in [-0.15, -0.1) is 0 Å². The summed E-state index contributed by atoms with van der Waals surface area (Å²) in [5.74, 6) is 0. The van der Waals surface area contributed by atoms with Crippen LogP contribution in [0.3, 0.4) is 0 Å². The molecule has 0 bridgehead atoms. The number of nitriles is 2.